The summed E-state index contributed by atoms with van der Waals surface area (Å²) in [7, 11) is 4.28. The fourth-order valence-corrected chi connectivity index (χ4v) is 4.21. The van der Waals surface area contributed by atoms with Gasteiger partial charge in [0, 0.05) is 26.3 Å². The number of hydrogen-bond acceptors (Lipinski definition) is 6. The number of nitrogens with one attached hydrogen (secondary N) is 2. The number of benzene rings is 1. The number of anilines is 2. The Bertz CT molecular complexity index is 1040. The number of nitrogens with two attached hydrogens (primary N) is 1. The minimum Gasteiger partial charge on any atom is -0.369 e. The van der Waals surface area contributed by atoms with Crippen molar-refractivity contribution in [3.63, 3.8) is 0 Å². The smallest absolute Gasteiger partial charge is 0.224 e. The summed E-state index contributed by atoms with van der Waals surface area (Å²) in [6.07, 6.45) is 6.31. The van der Waals surface area contributed by atoms with Crippen LogP contribution in [0, 0.1) is 5.92 Å². The summed E-state index contributed by atoms with van der Waals surface area (Å²) in [5.74, 6) is 2.05. The number of aromatic amines is 1. The lowest BCUT2D eigenvalue weighted by Crippen LogP contribution is -2.36. The van der Waals surface area contributed by atoms with Crippen molar-refractivity contribution in [2.45, 2.75) is 25.8 Å². The molecule has 0 spiro atoms. The van der Waals surface area contributed by atoms with Gasteiger partial charge < -0.3 is 25.8 Å². The first-order valence-corrected chi connectivity index (χ1v) is 11.5. The molecule has 0 bridgehead atoms. The van der Waals surface area contributed by atoms with E-state index < -0.39 is 0 Å². The maximum Gasteiger partial charge on any atom is 0.224 e. The van der Waals surface area contributed by atoms with E-state index in [2.05, 4.69) is 44.2 Å². The summed E-state index contributed by atoms with van der Waals surface area (Å²) in [5, 5.41) is 2.98. The van der Waals surface area contributed by atoms with Gasteiger partial charge in [-0.1, -0.05) is 30.3 Å². The van der Waals surface area contributed by atoms with Crippen molar-refractivity contribution in [3.8, 4) is 11.3 Å². The molecule has 4 N–H and O–H groups in total. The van der Waals surface area contributed by atoms with Gasteiger partial charge in [-0.15, -0.1) is 0 Å². The molecule has 0 unspecified atom stereocenters. The molecular weight excluding hydrogens is 414 g/mol. The Kier molecular flexibility index (Phi) is 7.24. The number of nitrogen functional groups attached to an aromatic ring is 1. The zero-order valence-corrected chi connectivity index (χ0v) is 19.4. The predicted octanol–water partition coefficient (Wildman–Crippen LogP) is 2.69. The second kappa shape index (κ2) is 10.5. The molecule has 0 radical (unpaired) electrons. The van der Waals surface area contributed by atoms with Gasteiger partial charge in [-0.3, -0.25) is 4.79 Å². The van der Waals surface area contributed by atoms with Crippen LogP contribution in [0.1, 0.15) is 24.0 Å². The number of nitrogens with zero attached hydrogens (tertiary/aromatic N) is 4. The van der Waals surface area contributed by atoms with Crippen LogP contribution in [0.25, 0.3) is 11.3 Å². The van der Waals surface area contributed by atoms with Crippen LogP contribution in [0.2, 0.25) is 0 Å². The van der Waals surface area contributed by atoms with Crippen molar-refractivity contribution in [3.05, 3.63) is 59.9 Å². The molecule has 4 rings (SSSR count). The maximum absolute atomic E-state index is 12.4. The van der Waals surface area contributed by atoms with Gasteiger partial charge in [0.25, 0.3) is 0 Å². The number of amides is 1. The molecule has 1 aliphatic rings. The van der Waals surface area contributed by atoms with E-state index in [4.69, 9.17) is 5.73 Å². The van der Waals surface area contributed by atoms with E-state index in [1.54, 1.807) is 6.20 Å². The third-order valence-corrected chi connectivity index (χ3v) is 6.29. The SMILES string of the molecule is CN1CCC(CN(C)c2ccc(CC(=O)NCc3ccc(-c4cnc(N)[nH]4)cc3)cn2)CC1. The second-order valence-electron chi connectivity index (χ2n) is 8.98. The summed E-state index contributed by atoms with van der Waals surface area (Å²) in [4.78, 5) is 28.6. The Morgan fingerprint density at radius 1 is 1.12 bits per heavy atom. The van der Waals surface area contributed by atoms with Crippen molar-refractivity contribution >= 4 is 17.7 Å². The Balaban J connectivity index is 1.23. The van der Waals surface area contributed by atoms with Crippen molar-refractivity contribution in [2.75, 3.05) is 44.4 Å². The first kappa shape index (κ1) is 22.8. The number of hydrogen-bond donors (Lipinski definition) is 3. The summed E-state index contributed by atoms with van der Waals surface area (Å²) in [5.41, 5.74) is 9.45. The lowest BCUT2D eigenvalue weighted by molar-refractivity contribution is -0.120. The lowest BCUT2D eigenvalue weighted by atomic mass is 9.97. The monoisotopic (exact) mass is 447 g/mol. The third kappa shape index (κ3) is 6.32. The summed E-state index contributed by atoms with van der Waals surface area (Å²) < 4.78 is 0. The largest absolute Gasteiger partial charge is 0.369 e. The standard InChI is InChI=1S/C25H33N7O/c1-31-11-9-19(10-12-31)17-32(2)23-8-5-20(15-27-23)13-24(33)28-14-18-3-6-21(7-4-18)22-16-29-25(26)30-22/h3-8,15-16,19H,9-14,17H2,1-2H3,(H,28,33)(H3,26,29,30). The van der Waals surface area contributed by atoms with Gasteiger partial charge in [-0.25, -0.2) is 9.97 Å². The van der Waals surface area contributed by atoms with Crippen molar-refractivity contribution in [1.82, 2.24) is 25.2 Å². The quantitative estimate of drug-likeness (QED) is 0.491. The third-order valence-electron chi connectivity index (χ3n) is 6.29. The van der Waals surface area contributed by atoms with Crippen LogP contribution in [0.3, 0.4) is 0 Å². The van der Waals surface area contributed by atoms with E-state index in [0.29, 0.717) is 24.8 Å². The number of imidazole rings is 1. The minimum absolute atomic E-state index is 0.0188. The van der Waals surface area contributed by atoms with Crippen LogP contribution in [0.5, 0.6) is 0 Å². The molecule has 1 fully saturated rings. The normalized spacial score (nSPS) is 14.8. The van der Waals surface area contributed by atoms with E-state index in [0.717, 1.165) is 34.7 Å². The molecule has 1 amide bonds. The molecule has 0 atom stereocenters. The zero-order valence-electron chi connectivity index (χ0n) is 19.4. The minimum atomic E-state index is -0.0188. The fourth-order valence-electron chi connectivity index (χ4n) is 4.21. The van der Waals surface area contributed by atoms with Crippen molar-refractivity contribution < 1.29 is 4.79 Å². The molecule has 3 aromatic rings. The van der Waals surface area contributed by atoms with Crippen LogP contribution >= 0.6 is 0 Å². The van der Waals surface area contributed by atoms with Crippen LogP contribution in [0.4, 0.5) is 11.8 Å². The topological polar surface area (TPSA) is 103 Å². The number of aromatic nitrogens is 3. The van der Waals surface area contributed by atoms with Gasteiger partial charge in [0.05, 0.1) is 18.3 Å². The van der Waals surface area contributed by atoms with Gasteiger partial charge in [0.2, 0.25) is 5.91 Å². The number of piperidine rings is 1. The predicted molar refractivity (Wildman–Crippen MR) is 132 cm³/mol. The fraction of sp³-hybridized carbons (Fsp3) is 0.400. The first-order chi connectivity index (χ1) is 16.0. The van der Waals surface area contributed by atoms with E-state index >= 15 is 0 Å². The van der Waals surface area contributed by atoms with Crippen LogP contribution in [-0.2, 0) is 17.8 Å². The molecule has 174 valence electrons. The number of H-pyrrole nitrogens is 1. The highest BCUT2D eigenvalue weighted by molar-refractivity contribution is 5.78. The second-order valence-corrected chi connectivity index (χ2v) is 8.98. The summed E-state index contributed by atoms with van der Waals surface area (Å²) in [6.45, 7) is 3.84. The highest BCUT2D eigenvalue weighted by atomic mass is 16.1. The first-order valence-electron chi connectivity index (χ1n) is 11.5. The molecule has 8 nitrogen and oxygen atoms in total. The van der Waals surface area contributed by atoms with E-state index in [1.165, 1.54) is 25.9 Å². The molecule has 3 heterocycles. The molecule has 1 aliphatic heterocycles. The average molecular weight is 448 g/mol. The molecule has 0 aliphatic carbocycles. The maximum atomic E-state index is 12.4. The highest BCUT2D eigenvalue weighted by Gasteiger charge is 2.18. The number of pyridine rings is 1. The van der Waals surface area contributed by atoms with Crippen LogP contribution < -0.4 is 16.0 Å². The van der Waals surface area contributed by atoms with Gasteiger partial charge in [-0.05, 0) is 61.7 Å². The van der Waals surface area contributed by atoms with E-state index in [9.17, 15) is 4.79 Å². The Labute approximate surface area is 195 Å². The number of rotatable bonds is 8. The van der Waals surface area contributed by atoms with E-state index in [-0.39, 0.29) is 5.91 Å². The van der Waals surface area contributed by atoms with Crippen molar-refractivity contribution in [1.29, 1.82) is 0 Å². The highest BCUT2D eigenvalue weighted by Crippen LogP contribution is 2.20. The van der Waals surface area contributed by atoms with Gasteiger partial charge in [0.1, 0.15) is 5.82 Å². The molecule has 2 aromatic heterocycles. The number of carbonyl (C=O) groups is 1. The molecule has 33 heavy (non-hydrogen) atoms. The summed E-state index contributed by atoms with van der Waals surface area (Å²) in [6, 6.07) is 12.0. The number of likely N-dealkylation sites (tertiary alicyclic amines) is 1. The Morgan fingerprint density at radius 2 is 1.85 bits per heavy atom. The molecule has 1 aromatic carbocycles. The van der Waals surface area contributed by atoms with E-state index in [1.807, 2.05) is 42.6 Å². The van der Waals surface area contributed by atoms with Gasteiger partial charge in [0.15, 0.2) is 5.95 Å². The van der Waals surface area contributed by atoms with Crippen LogP contribution in [0.15, 0.2) is 48.8 Å². The molecule has 1 saturated heterocycles. The zero-order chi connectivity index (χ0) is 23.2. The molecule has 0 saturated carbocycles. The van der Waals surface area contributed by atoms with Crippen molar-refractivity contribution in [2.24, 2.45) is 5.92 Å². The summed E-state index contributed by atoms with van der Waals surface area (Å²) >= 11 is 0. The lowest BCUT2D eigenvalue weighted by Gasteiger charge is -2.32. The average Bonchev–Trinajstić information content (AvgIpc) is 3.26. The number of carbonyl (C=O) groups excluding carboxylic acids is 1. The van der Waals surface area contributed by atoms with Crippen LogP contribution in [-0.4, -0.2) is 59.5 Å². The van der Waals surface area contributed by atoms with Gasteiger partial charge >= 0.3 is 0 Å². The Morgan fingerprint density at radius 3 is 2.48 bits per heavy atom. The molecule has 8 heteroatoms. The van der Waals surface area contributed by atoms with Gasteiger partial charge in [-0.2, -0.15) is 0 Å². The Hall–Kier alpha value is -3.39. The molecular formula is C25H33N7O.